The first-order valence-corrected chi connectivity index (χ1v) is 3.88. The van der Waals surface area contributed by atoms with E-state index in [0.29, 0.717) is 12.8 Å². The predicted octanol–water partition coefficient (Wildman–Crippen LogP) is -0.0287. The fourth-order valence-electron chi connectivity index (χ4n) is 0.643. The van der Waals surface area contributed by atoms with Crippen LogP contribution in [0.15, 0.2) is 24.3 Å². The van der Waals surface area contributed by atoms with E-state index in [4.69, 9.17) is 16.1 Å². The van der Waals surface area contributed by atoms with Gasteiger partial charge in [0.2, 0.25) is 5.91 Å². The van der Waals surface area contributed by atoms with Crippen LogP contribution >= 0.6 is 0 Å². The number of hydrogen-bond donors (Lipinski definition) is 3. The van der Waals surface area contributed by atoms with Crippen LogP contribution in [-0.2, 0) is 9.59 Å². The predicted molar refractivity (Wildman–Crippen MR) is 47.1 cm³/mol. The number of nitrogens with two attached hydrogens (primary N) is 1. The molecule has 0 aliphatic carbocycles. The van der Waals surface area contributed by atoms with E-state index in [1.54, 1.807) is 6.08 Å². The first kappa shape index (κ1) is 12.3. The fourth-order valence-corrected chi connectivity index (χ4v) is 0.643. The summed E-state index contributed by atoms with van der Waals surface area (Å²) in [6, 6.07) is 0. The molecule has 0 saturated heterocycles. The molecule has 0 atom stereocenters. The second-order valence-electron chi connectivity index (χ2n) is 2.41. The molecule has 0 bridgehead atoms. The van der Waals surface area contributed by atoms with E-state index in [-0.39, 0.29) is 0 Å². The molecule has 6 nitrogen and oxygen atoms in total. The van der Waals surface area contributed by atoms with E-state index in [2.05, 4.69) is 0 Å². The summed E-state index contributed by atoms with van der Waals surface area (Å²) in [5, 5.41) is 15.9. The number of carbonyl (C=O) groups excluding carboxylic acids is 2. The Bertz CT molecular complexity index is 258. The Labute approximate surface area is 80.8 Å². The van der Waals surface area contributed by atoms with Crippen molar-refractivity contribution in [1.29, 1.82) is 0 Å². The lowest BCUT2D eigenvalue weighted by Gasteiger charge is -1.99. The van der Waals surface area contributed by atoms with Gasteiger partial charge in [0.15, 0.2) is 0 Å². The summed E-state index contributed by atoms with van der Waals surface area (Å²) in [5.41, 5.74) is 4.82. The summed E-state index contributed by atoms with van der Waals surface area (Å²) in [6.07, 6.45) is 6.30. The van der Waals surface area contributed by atoms with Crippen molar-refractivity contribution in [2.45, 2.75) is 12.8 Å². The number of hydrogen-bond acceptors (Lipinski definition) is 4. The highest BCUT2D eigenvalue weighted by molar-refractivity contribution is 5.86. The number of primary amides is 1. The summed E-state index contributed by atoms with van der Waals surface area (Å²) in [7, 11) is 0. The lowest BCUT2D eigenvalue weighted by atomic mass is 10.2. The Morgan fingerprint density at radius 3 is 2.07 bits per heavy atom. The van der Waals surface area contributed by atoms with Crippen LogP contribution in [-0.4, -0.2) is 27.5 Å². The summed E-state index contributed by atoms with van der Waals surface area (Å²) < 4.78 is 0. The summed E-state index contributed by atoms with van der Waals surface area (Å²) >= 11 is 0. The third kappa shape index (κ3) is 7.01. The molecule has 0 aromatic heterocycles. The first-order valence-electron chi connectivity index (χ1n) is 3.88. The number of nitrogens with zero attached hydrogens (tertiary/aromatic N) is 1. The van der Waals surface area contributed by atoms with Gasteiger partial charge in [0.25, 0.3) is 5.91 Å². The highest BCUT2D eigenvalue weighted by atomic mass is 16.8. The van der Waals surface area contributed by atoms with Crippen molar-refractivity contribution in [1.82, 2.24) is 5.23 Å². The third-order valence-electron chi connectivity index (χ3n) is 1.24. The van der Waals surface area contributed by atoms with E-state index in [1.807, 2.05) is 0 Å². The highest BCUT2D eigenvalue weighted by Crippen LogP contribution is 1.93. The number of unbranched alkanes of at least 4 members (excludes halogenated alkanes) is 1. The van der Waals surface area contributed by atoms with Crippen LogP contribution in [0.4, 0.5) is 0 Å². The maximum absolute atomic E-state index is 10.5. The van der Waals surface area contributed by atoms with E-state index in [1.165, 1.54) is 12.2 Å². The number of hydroxylamine groups is 2. The molecule has 6 heteroatoms. The Kier molecular flexibility index (Phi) is 6.01. The molecule has 0 unspecified atom stereocenters. The molecule has 0 spiro atoms. The molecule has 0 rings (SSSR count). The van der Waals surface area contributed by atoms with E-state index >= 15 is 0 Å². The summed E-state index contributed by atoms with van der Waals surface area (Å²) in [6.45, 7) is 0. The van der Waals surface area contributed by atoms with Crippen molar-refractivity contribution >= 4 is 11.8 Å². The van der Waals surface area contributed by atoms with Gasteiger partial charge in [0.1, 0.15) is 0 Å². The minimum Gasteiger partial charge on any atom is -0.366 e. The lowest BCUT2D eigenvalue weighted by Crippen LogP contribution is -2.20. The number of carbonyl (C=O) groups is 2. The Morgan fingerprint density at radius 2 is 1.64 bits per heavy atom. The zero-order valence-electron chi connectivity index (χ0n) is 7.46. The SMILES string of the molecule is NC(=O)C=CCCC=CC(=O)N(O)O. The van der Waals surface area contributed by atoms with Crippen molar-refractivity contribution in [3.63, 3.8) is 0 Å². The Balaban J connectivity index is 3.64. The molecular formula is C8H12N2O4. The van der Waals surface area contributed by atoms with Crippen molar-refractivity contribution in [3.8, 4) is 0 Å². The van der Waals surface area contributed by atoms with Gasteiger partial charge in [-0.15, -0.1) is 0 Å². The minimum atomic E-state index is -0.927. The van der Waals surface area contributed by atoms with Gasteiger partial charge in [-0.05, 0) is 18.9 Å². The minimum absolute atomic E-state index is 0.503. The molecule has 0 aliphatic rings. The molecule has 4 N–H and O–H groups in total. The Hall–Kier alpha value is -1.66. The van der Waals surface area contributed by atoms with Crippen molar-refractivity contribution < 1.29 is 20.0 Å². The molecular weight excluding hydrogens is 188 g/mol. The molecule has 0 saturated carbocycles. The Morgan fingerprint density at radius 1 is 1.14 bits per heavy atom. The molecule has 0 fully saturated rings. The molecule has 0 aliphatic heterocycles. The second kappa shape index (κ2) is 6.81. The van der Waals surface area contributed by atoms with Gasteiger partial charge < -0.3 is 5.73 Å². The average Bonchev–Trinajstić information content (AvgIpc) is 2.09. The fraction of sp³-hybridized carbons (Fsp3) is 0.250. The number of allylic oxidation sites excluding steroid dienone is 2. The van der Waals surface area contributed by atoms with Crippen molar-refractivity contribution in [2.75, 3.05) is 0 Å². The van der Waals surface area contributed by atoms with Gasteiger partial charge in [0, 0.05) is 6.08 Å². The molecule has 78 valence electrons. The molecule has 0 aromatic carbocycles. The van der Waals surface area contributed by atoms with Gasteiger partial charge >= 0.3 is 0 Å². The third-order valence-corrected chi connectivity index (χ3v) is 1.24. The van der Waals surface area contributed by atoms with Crippen molar-refractivity contribution in [3.05, 3.63) is 24.3 Å². The normalized spacial score (nSPS) is 11.0. The summed E-state index contributed by atoms with van der Waals surface area (Å²) in [5.74, 6) is -1.45. The molecule has 14 heavy (non-hydrogen) atoms. The van der Waals surface area contributed by atoms with E-state index < -0.39 is 17.0 Å². The van der Waals surface area contributed by atoms with Crippen LogP contribution in [0.2, 0.25) is 0 Å². The monoisotopic (exact) mass is 200 g/mol. The molecule has 0 aromatic rings. The maximum atomic E-state index is 10.5. The van der Waals surface area contributed by atoms with Gasteiger partial charge in [-0.25, -0.2) is 0 Å². The standard InChI is InChI=1S/C8H12N2O4/c9-7(11)5-3-1-2-4-6-8(12)10(13)14/h3-6,13-14H,1-2H2,(H2,9,11). The van der Waals surface area contributed by atoms with Gasteiger partial charge in [0.05, 0.1) is 0 Å². The zero-order chi connectivity index (χ0) is 11.0. The van der Waals surface area contributed by atoms with Crippen LogP contribution in [0.5, 0.6) is 0 Å². The highest BCUT2D eigenvalue weighted by Gasteiger charge is 1.99. The van der Waals surface area contributed by atoms with Crippen molar-refractivity contribution in [2.24, 2.45) is 5.73 Å². The van der Waals surface area contributed by atoms with Crippen LogP contribution in [0.3, 0.4) is 0 Å². The second-order valence-corrected chi connectivity index (χ2v) is 2.41. The van der Waals surface area contributed by atoms with Gasteiger partial charge in [-0.1, -0.05) is 17.4 Å². The molecule has 2 amide bonds. The van der Waals surface area contributed by atoms with Crippen LogP contribution in [0, 0.1) is 0 Å². The number of amides is 2. The molecule has 0 heterocycles. The average molecular weight is 200 g/mol. The quantitative estimate of drug-likeness (QED) is 0.251. The largest absolute Gasteiger partial charge is 0.366 e. The zero-order valence-corrected chi connectivity index (χ0v) is 7.46. The molecule has 0 radical (unpaired) electrons. The smallest absolute Gasteiger partial charge is 0.296 e. The number of rotatable bonds is 5. The lowest BCUT2D eigenvalue weighted by molar-refractivity contribution is -0.280. The van der Waals surface area contributed by atoms with E-state index in [0.717, 1.165) is 6.08 Å². The van der Waals surface area contributed by atoms with Crippen LogP contribution in [0.1, 0.15) is 12.8 Å². The van der Waals surface area contributed by atoms with Crippen LogP contribution in [0.25, 0.3) is 0 Å². The first-order chi connectivity index (χ1) is 6.54. The maximum Gasteiger partial charge on any atom is 0.296 e. The van der Waals surface area contributed by atoms with E-state index in [9.17, 15) is 9.59 Å². The topological polar surface area (TPSA) is 104 Å². The van der Waals surface area contributed by atoms with Gasteiger partial charge in [-0.2, -0.15) is 0 Å². The van der Waals surface area contributed by atoms with Crippen LogP contribution < -0.4 is 5.73 Å². The van der Waals surface area contributed by atoms with Gasteiger partial charge in [-0.3, -0.25) is 20.0 Å². The summed E-state index contributed by atoms with van der Waals surface area (Å²) in [4.78, 5) is 20.8.